The van der Waals surface area contributed by atoms with E-state index in [9.17, 15) is 9.59 Å². The fourth-order valence-electron chi connectivity index (χ4n) is 1.91. The van der Waals surface area contributed by atoms with Gasteiger partial charge < -0.3 is 10.1 Å². The van der Waals surface area contributed by atoms with Gasteiger partial charge in [0.25, 0.3) is 0 Å². The van der Waals surface area contributed by atoms with Crippen LogP contribution in [0, 0.1) is 0 Å². The molecule has 0 aliphatic heterocycles. The second-order valence-electron chi connectivity index (χ2n) is 4.86. The third kappa shape index (κ3) is 5.48. The van der Waals surface area contributed by atoms with Crippen molar-refractivity contribution in [3.05, 3.63) is 63.6 Å². The lowest BCUT2D eigenvalue weighted by Gasteiger charge is -2.06. The minimum atomic E-state index is -0.892. The van der Waals surface area contributed by atoms with Crippen molar-refractivity contribution < 1.29 is 14.3 Å². The van der Waals surface area contributed by atoms with Gasteiger partial charge in [0, 0.05) is 22.2 Å². The Morgan fingerprint density at radius 2 is 1.92 bits per heavy atom. The second kappa shape index (κ2) is 9.05. The maximum absolute atomic E-state index is 11.8. The van der Waals surface area contributed by atoms with Crippen LogP contribution < -0.4 is 15.5 Å². The monoisotopic (exact) mass is 379 g/mol. The fourth-order valence-corrected chi connectivity index (χ4v) is 2.38. The standard InChI is InChI=1S/C17H15Cl2N3O3/c1-25-15-5-3-2-4-12(15)10-21-22-17(24)16(23)20-9-11-6-7-13(18)8-14(11)19/h2-8,10H,9H2,1H3,(H,20,23)(H,22,24). The lowest BCUT2D eigenvalue weighted by atomic mass is 10.2. The van der Waals surface area contributed by atoms with Crippen molar-refractivity contribution in [1.82, 2.24) is 10.7 Å². The number of para-hydroxylation sites is 1. The zero-order valence-electron chi connectivity index (χ0n) is 13.3. The van der Waals surface area contributed by atoms with E-state index in [2.05, 4.69) is 15.8 Å². The molecule has 0 aliphatic carbocycles. The Labute approximate surface area is 154 Å². The number of nitrogens with zero attached hydrogens (tertiary/aromatic N) is 1. The topological polar surface area (TPSA) is 79.8 Å². The summed E-state index contributed by atoms with van der Waals surface area (Å²) in [6, 6.07) is 12.0. The molecule has 0 bridgehead atoms. The van der Waals surface area contributed by atoms with Crippen LogP contribution in [0.5, 0.6) is 5.75 Å². The molecule has 0 unspecified atom stereocenters. The van der Waals surface area contributed by atoms with Crippen LogP contribution in [0.15, 0.2) is 47.6 Å². The maximum atomic E-state index is 11.8. The fraction of sp³-hybridized carbons (Fsp3) is 0.118. The maximum Gasteiger partial charge on any atom is 0.329 e. The van der Waals surface area contributed by atoms with Crippen LogP contribution in [0.3, 0.4) is 0 Å². The molecular weight excluding hydrogens is 365 g/mol. The predicted octanol–water partition coefficient (Wildman–Crippen LogP) is 2.77. The molecule has 6 nitrogen and oxygen atoms in total. The van der Waals surface area contributed by atoms with Crippen LogP contribution >= 0.6 is 23.2 Å². The van der Waals surface area contributed by atoms with Crippen LogP contribution in [0.1, 0.15) is 11.1 Å². The SMILES string of the molecule is COc1ccccc1C=NNC(=O)C(=O)NCc1ccc(Cl)cc1Cl. The Balaban J connectivity index is 1.88. The average molecular weight is 380 g/mol. The third-order valence-electron chi connectivity index (χ3n) is 3.17. The molecule has 2 amide bonds. The Kier molecular flexibility index (Phi) is 6.80. The van der Waals surface area contributed by atoms with E-state index in [0.29, 0.717) is 26.9 Å². The molecular formula is C17H15Cl2N3O3. The number of methoxy groups -OCH3 is 1. The van der Waals surface area contributed by atoms with Gasteiger partial charge in [-0.15, -0.1) is 0 Å². The Morgan fingerprint density at radius 1 is 1.16 bits per heavy atom. The van der Waals surface area contributed by atoms with Crippen molar-refractivity contribution in [3.8, 4) is 5.75 Å². The van der Waals surface area contributed by atoms with E-state index in [1.807, 2.05) is 6.07 Å². The lowest BCUT2D eigenvalue weighted by Crippen LogP contribution is -2.37. The Bertz CT molecular complexity index is 809. The average Bonchev–Trinajstić information content (AvgIpc) is 2.61. The van der Waals surface area contributed by atoms with Crippen molar-refractivity contribution in [2.24, 2.45) is 5.10 Å². The number of carbonyl (C=O) groups is 2. The second-order valence-corrected chi connectivity index (χ2v) is 5.70. The molecule has 130 valence electrons. The summed E-state index contributed by atoms with van der Waals surface area (Å²) in [5, 5.41) is 7.09. The van der Waals surface area contributed by atoms with Gasteiger partial charge in [0.1, 0.15) is 5.75 Å². The first-order valence-corrected chi connectivity index (χ1v) is 7.95. The van der Waals surface area contributed by atoms with Gasteiger partial charge in [-0.1, -0.05) is 41.4 Å². The van der Waals surface area contributed by atoms with E-state index >= 15 is 0 Å². The summed E-state index contributed by atoms with van der Waals surface area (Å²) in [6.45, 7) is 0.0957. The first kappa shape index (κ1) is 18.8. The third-order valence-corrected chi connectivity index (χ3v) is 3.76. The number of hydrogen-bond donors (Lipinski definition) is 2. The number of nitrogens with one attached hydrogen (secondary N) is 2. The molecule has 2 rings (SSSR count). The van der Waals surface area contributed by atoms with E-state index in [0.717, 1.165) is 0 Å². The number of ether oxygens (including phenoxy) is 1. The molecule has 2 aromatic carbocycles. The van der Waals surface area contributed by atoms with Crippen molar-refractivity contribution in [3.63, 3.8) is 0 Å². The Morgan fingerprint density at radius 3 is 2.64 bits per heavy atom. The normalized spacial score (nSPS) is 10.5. The summed E-state index contributed by atoms with van der Waals surface area (Å²) < 4.78 is 5.15. The number of hydrazone groups is 1. The van der Waals surface area contributed by atoms with Crippen molar-refractivity contribution in [2.75, 3.05) is 7.11 Å². The molecule has 8 heteroatoms. The van der Waals surface area contributed by atoms with Gasteiger partial charge in [-0.3, -0.25) is 9.59 Å². The number of benzene rings is 2. The number of amides is 2. The van der Waals surface area contributed by atoms with E-state index in [1.54, 1.807) is 36.4 Å². The molecule has 0 aromatic heterocycles. The van der Waals surface area contributed by atoms with Crippen LogP contribution in [-0.2, 0) is 16.1 Å². The minimum Gasteiger partial charge on any atom is -0.496 e. The van der Waals surface area contributed by atoms with Crippen molar-refractivity contribution in [2.45, 2.75) is 6.54 Å². The molecule has 0 saturated heterocycles. The number of hydrogen-bond acceptors (Lipinski definition) is 4. The largest absolute Gasteiger partial charge is 0.496 e. The van der Waals surface area contributed by atoms with Crippen LogP contribution in [0.25, 0.3) is 0 Å². The zero-order chi connectivity index (χ0) is 18.2. The van der Waals surface area contributed by atoms with Gasteiger partial charge in [0.05, 0.1) is 13.3 Å². The molecule has 0 radical (unpaired) electrons. The van der Waals surface area contributed by atoms with Gasteiger partial charge in [0.15, 0.2) is 0 Å². The van der Waals surface area contributed by atoms with E-state index in [-0.39, 0.29) is 6.54 Å². The molecule has 25 heavy (non-hydrogen) atoms. The molecule has 2 N–H and O–H groups in total. The van der Waals surface area contributed by atoms with Crippen molar-refractivity contribution in [1.29, 1.82) is 0 Å². The molecule has 0 fully saturated rings. The van der Waals surface area contributed by atoms with Crippen LogP contribution in [-0.4, -0.2) is 25.1 Å². The summed E-state index contributed by atoms with van der Waals surface area (Å²) in [7, 11) is 1.53. The summed E-state index contributed by atoms with van der Waals surface area (Å²) in [4.78, 5) is 23.5. The highest BCUT2D eigenvalue weighted by atomic mass is 35.5. The first-order valence-electron chi connectivity index (χ1n) is 7.19. The predicted molar refractivity (Wildman–Crippen MR) is 97.0 cm³/mol. The smallest absolute Gasteiger partial charge is 0.329 e. The first-order chi connectivity index (χ1) is 12.0. The van der Waals surface area contributed by atoms with Gasteiger partial charge in [-0.25, -0.2) is 5.43 Å². The highest BCUT2D eigenvalue weighted by molar-refractivity contribution is 6.36. The molecule has 0 saturated carbocycles. The van der Waals surface area contributed by atoms with Gasteiger partial charge in [0.2, 0.25) is 0 Å². The quantitative estimate of drug-likeness (QED) is 0.476. The zero-order valence-corrected chi connectivity index (χ0v) is 14.8. The molecule has 0 atom stereocenters. The summed E-state index contributed by atoms with van der Waals surface area (Å²) in [6.07, 6.45) is 1.39. The van der Waals surface area contributed by atoms with Gasteiger partial charge in [-0.05, 0) is 29.8 Å². The number of carbonyl (C=O) groups excluding carboxylic acids is 2. The number of halogens is 2. The summed E-state index contributed by atoms with van der Waals surface area (Å²) >= 11 is 11.8. The molecule has 0 aliphatic rings. The van der Waals surface area contributed by atoms with Gasteiger partial charge in [-0.2, -0.15) is 5.10 Å². The summed E-state index contributed by atoms with van der Waals surface area (Å²) in [5.41, 5.74) is 3.46. The Hall–Kier alpha value is -2.57. The molecule has 0 spiro atoms. The summed E-state index contributed by atoms with van der Waals surface area (Å²) in [5.74, 6) is -1.12. The minimum absolute atomic E-state index is 0.0957. The number of rotatable bonds is 5. The van der Waals surface area contributed by atoms with Crippen molar-refractivity contribution >= 4 is 41.2 Å². The highest BCUT2D eigenvalue weighted by Crippen LogP contribution is 2.20. The van der Waals surface area contributed by atoms with Crippen LogP contribution in [0.2, 0.25) is 10.0 Å². The highest BCUT2D eigenvalue weighted by Gasteiger charge is 2.13. The lowest BCUT2D eigenvalue weighted by molar-refractivity contribution is -0.139. The molecule has 0 heterocycles. The van der Waals surface area contributed by atoms with Gasteiger partial charge >= 0.3 is 11.8 Å². The molecule has 2 aromatic rings. The van der Waals surface area contributed by atoms with E-state index in [4.69, 9.17) is 27.9 Å². The van der Waals surface area contributed by atoms with E-state index in [1.165, 1.54) is 13.3 Å². The van der Waals surface area contributed by atoms with E-state index < -0.39 is 11.8 Å². The van der Waals surface area contributed by atoms with Crippen LogP contribution in [0.4, 0.5) is 0 Å².